The van der Waals surface area contributed by atoms with Crippen LogP contribution in [0.5, 0.6) is 5.75 Å². The first-order valence-corrected chi connectivity index (χ1v) is 5.85. The zero-order valence-electron chi connectivity index (χ0n) is 10.8. The van der Waals surface area contributed by atoms with E-state index in [1.165, 1.54) is 12.1 Å². The van der Waals surface area contributed by atoms with E-state index in [1.54, 1.807) is 0 Å². The summed E-state index contributed by atoms with van der Waals surface area (Å²) in [7, 11) is 0. The van der Waals surface area contributed by atoms with Gasteiger partial charge in [-0.2, -0.15) is 26.3 Å². The number of aliphatic carboxylic acids is 1. The van der Waals surface area contributed by atoms with Crippen molar-refractivity contribution in [3.63, 3.8) is 0 Å². The minimum absolute atomic E-state index is 0.00603. The van der Waals surface area contributed by atoms with Crippen molar-refractivity contribution < 1.29 is 41.0 Å². The molecule has 1 aromatic carbocycles. The highest BCUT2D eigenvalue weighted by Crippen LogP contribution is 2.31. The summed E-state index contributed by atoms with van der Waals surface area (Å²) in [5.41, 5.74) is -0.674. The van der Waals surface area contributed by atoms with E-state index in [4.69, 9.17) is 14.6 Å². The summed E-state index contributed by atoms with van der Waals surface area (Å²) >= 11 is 0. The lowest BCUT2D eigenvalue weighted by atomic mass is 10.2. The second kappa shape index (κ2) is 6.86. The number of halogens is 6. The van der Waals surface area contributed by atoms with E-state index in [0.717, 1.165) is 12.1 Å². The van der Waals surface area contributed by atoms with Gasteiger partial charge in [0.2, 0.25) is 0 Å². The fourth-order valence-electron chi connectivity index (χ4n) is 1.28. The molecule has 10 heteroatoms. The summed E-state index contributed by atoms with van der Waals surface area (Å²) in [5, 5.41) is 10.1. The Balaban J connectivity index is 0.000000295. The third-order valence-electron chi connectivity index (χ3n) is 2.45. The Hall–Kier alpha value is -1.97. The number of carbonyl (C=O) groups is 1. The van der Waals surface area contributed by atoms with Gasteiger partial charge in [0.15, 0.2) is 0 Å². The molecule has 0 atom stereocenters. The van der Waals surface area contributed by atoms with E-state index in [1.807, 2.05) is 0 Å². The molecule has 0 saturated carbocycles. The van der Waals surface area contributed by atoms with Gasteiger partial charge in [0.05, 0.1) is 5.56 Å². The van der Waals surface area contributed by atoms with Crippen molar-refractivity contribution in [1.82, 2.24) is 5.32 Å². The molecule has 124 valence electrons. The Morgan fingerprint density at radius 1 is 1.18 bits per heavy atom. The molecular weight excluding hydrogens is 320 g/mol. The summed E-state index contributed by atoms with van der Waals surface area (Å²) in [6, 6.07) is 4.95. The van der Waals surface area contributed by atoms with Gasteiger partial charge in [0, 0.05) is 13.1 Å². The Labute approximate surface area is 120 Å². The first kappa shape index (κ1) is 18.1. The molecule has 22 heavy (non-hydrogen) atoms. The van der Waals surface area contributed by atoms with Gasteiger partial charge in [-0.3, -0.25) is 0 Å². The van der Waals surface area contributed by atoms with Crippen molar-refractivity contribution >= 4 is 5.97 Å². The molecule has 0 aliphatic carbocycles. The van der Waals surface area contributed by atoms with Crippen LogP contribution in [-0.4, -0.2) is 36.4 Å². The Bertz CT molecular complexity index is 510. The maximum Gasteiger partial charge on any atom is 0.490 e. The van der Waals surface area contributed by atoms with Crippen LogP contribution in [-0.2, 0) is 11.0 Å². The molecule has 0 amide bonds. The van der Waals surface area contributed by atoms with E-state index in [9.17, 15) is 26.3 Å². The highest BCUT2D eigenvalue weighted by atomic mass is 19.4. The standard InChI is InChI=1S/C10H10F3NO.C2HF3O2/c11-10(12,13)7-2-1-3-8(4-7)15-9-5-14-6-9;3-2(4,5)1(6)7/h1-4,9,14H,5-6H2;(H,6,7). The van der Waals surface area contributed by atoms with Crippen LogP contribution < -0.4 is 10.1 Å². The molecular formula is C12H11F6NO3. The average Bonchev–Trinajstić information content (AvgIpc) is 2.33. The van der Waals surface area contributed by atoms with Crippen molar-refractivity contribution in [2.75, 3.05) is 13.1 Å². The summed E-state index contributed by atoms with van der Waals surface area (Å²) < 4.78 is 74.1. The Morgan fingerprint density at radius 2 is 1.73 bits per heavy atom. The number of benzene rings is 1. The van der Waals surface area contributed by atoms with Crippen LogP contribution in [0.25, 0.3) is 0 Å². The highest BCUT2D eigenvalue weighted by Gasteiger charge is 2.38. The lowest BCUT2D eigenvalue weighted by Crippen LogP contribution is -2.50. The number of nitrogens with one attached hydrogen (secondary N) is 1. The van der Waals surface area contributed by atoms with Gasteiger partial charge in [-0.15, -0.1) is 0 Å². The summed E-state index contributed by atoms with van der Waals surface area (Å²) in [6.45, 7) is 1.38. The van der Waals surface area contributed by atoms with Crippen LogP contribution in [0.3, 0.4) is 0 Å². The van der Waals surface area contributed by atoms with E-state index >= 15 is 0 Å². The molecule has 1 heterocycles. The van der Waals surface area contributed by atoms with Gasteiger partial charge in [-0.05, 0) is 18.2 Å². The van der Waals surface area contributed by atoms with Crippen LogP contribution in [0.4, 0.5) is 26.3 Å². The van der Waals surface area contributed by atoms with Gasteiger partial charge in [0.1, 0.15) is 11.9 Å². The topological polar surface area (TPSA) is 58.6 Å². The predicted molar refractivity (Wildman–Crippen MR) is 62.4 cm³/mol. The second-order valence-electron chi connectivity index (χ2n) is 4.23. The first-order valence-electron chi connectivity index (χ1n) is 5.85. The second-order valence-corrected chi connectivity index (χ2v) is 4.23. The third kappa shape index (κ3) is 5.80. The van der Waals surface area contributed by atoms with Gasteiger partial charge in [0.25, 0.3) is 0 Å². The van der Waals surface area contributed by atoms with Gasteiger partial charge >= 0.3 is 18.3 Å². The minimum Gasteiger partial charge on any atom is -0.488 e. The quantitative estimate of drug-likeness (QED) is 0.818. The zero-order chi connectivity index (χ0) is 17.0. The fourth-order valence-corrected chi connectivity index (χ4v) is 1.28. The van der Waals surface area contributed by atoms with Crippen LogP contribution in [0.2, 0.25) is 0 Å². The molecule has 0 bridgehead atoms. The van der Waals surface area contributed by atoms with Crippen molar-refractivity contribution in [1.29, 1.82) is 0 Å². The molecule has 0 radical (unpaired) electrons. The molecule has 0 aromatic heterocycles. The monoisotopic (exact) mass is 331 g/mol. The van der Waals surface area contributed by atoms with Crippen LogP contribution in [0.1, 0.15) is 5.56 Å². The van der Waals surface area contributed by atoms with Gasteiger partial charge in [-0.25, -0.2) is 4.79 Å². The first-order chi connectivity index (χ1) is 10.00. The molecule has 2 N–H and O–H groups in total. The number of carboxylic acid groups (broad SMARTS) is 1. The van der Waals surface area contributed by atoms with Gasteiger partial charge in [-0.1, -0.05) is 6.07 Å². The number of ether oxygens (including phenoxy) is 1. The van der Waals surface area contributed by atoms with Crippen molar-refractivity contribution in [2.45, 2.75) is 18.5 Å². The lowest BCUT2D eigenvalue weighted by Gasteiger charge is -2.28. The zero-order valence-corrected chi connectivity index (χ0v) is 10.8. The summed E-state index contributed by atoms with van der Waals surface area (Å²) in [6.07, 6.45) is -9.40. The van der Waals surface area contributed by atoms with E-state index in [0.29, 0.717) is 13.1 Å². The SMILES string of the molecule is FC(F)(F)c1cccc(OC2CNC2)c1.O=C(O)C(F)(F)F. The smallest absolute Gasteiger partial charge is 0.488 e. The molecule has 0 spiro atoms. The average molecular weight is 331 g/mol. The maximum absolute atomic E-state index is 12.3. The van der Waals surface area contributed by atoms with E-state index < -0.39 is 23.9 Å². The minimum atomic E-state index is -5.08. The Kier molecular flexibility index (Phi) is 5.64. The Morgan fingerprint density at radius 3 is 2.09 bits per heavy atom. The number of alkyl halides is 6. The highest BCUT2D eigenvalue weighted by molar-refractivity contribution is 5.73. The van der Waals surface area contributed by atoms with Crippen molar-refractivity contribution in [2.24, 2.45) is 0 Å². The largest absolute Gasteiger partial charge is 0.490 e. The maximum atomic E-state index is 12.3. The van der Waals surface area contributed by atoms with E-state index in [-0.39, 0.29) is 11.9 Å². The van der Waals surface area contributed by atoms with Gasteiger partial charge < -0.3 is 15.2 Å². The number of hydrogen-bond acceptors (Lipinski definition) is 3. The summed E-state index contributed by atoms with van der Waals surface area (Å²) in [4.78, 5) is 8.90. The third-order valence-corrected chi connectivity index (χ3v) is 2.45. The molecule has 0 unspecified atom stereocenters. The van der Waals surface area contributed by atoms with Crippen molar-refractivity contribution in [3.05, 3.63) is 29.8 Å². The van der Waals surface area contributed by atoms with Crippen LogP contribution >= 0.6 is 0 Å². The summed E-state index contributed by atoms with van der Waals surface area (Å²) in [5.74, 6) is -2.48. The fraction of sp³-hybridized carbons (Fsp3) is 0.417. The number of rotatable bonds is 2. The van der Waals surface area contributed by atoms with Crippen LogP contribution in [0.15, 0.2) is 24.3 Å². The molecule has 1 fully saturated rings. The normalized spacial score (nSPS) is 15.4. The molecule has 1 aromatic rings. The predicted octanol–water partition coefficient (Wildman–Crippen LogP) is 2.69. The molecule has 2 rings (SSSR count). The molecule has 1 saturated heterocycles. The molecule has 4 nitrogen and oxygen atoms in total. The number of hydrogen-bond donors (Lipinski definition) is 2. The van der Waals surface area contributed by atoms with E-state index in [2.05, 4.69) is 5.32 Å². The van der Waals surface area contributed by atoms with Crippen molar-refractivity contribution in [3.8, 4) is 5.75 Å². The molecule has 1 aliphatic heterocycles. The lowest BCUT2D eigenvalue weighted by molar-refractivity contribution is -0.192. The molecule has 1 aliphatic rings. The number of carboxylic acids is 1. The van der Waals surface area contributed by atoms with Crippen LogP contribution in [0, 0.1) is 0 Å².